The molecule has 11 heavy (non-hydrogen) atoms. The lowest BCUT2D eigenvalue weighted by Crippen LogP contribution is -2.27. The summed E-state index contributed by atoms with van der Waals surface area (Å²) in [6.45, 7) is 6.41. The molecule has 0 aromatic carbocycles. The van der Waals surface area contributed by atoms with Crippen molar-refractivity contribution in [3.63, 3.8) is 0 Å². The molecule has 0 saturated heterocycles. The van der Waals surface area contributed by atoms with Crippen LogP contribution in [0.2, 0.25) is 0 Å². The van der Waals surface area contributed by atoms with Crippen molar-refractivity contribution in [1.29, 1.82) is 0 Å². The normalized spacial score (nSPS) is 30.9. The fourth-order valence-corrected chi connectivity index (χ4v) is 1.43. The van der Waals surface area contributed by atoms with Crippen LogP contribution in [0, 0.1) is 5.41 Å². The molecule has 0 amide bonds. The summed E-state index contributed by atoms with van der Waals surface area (Å²) in [6, 6.07) is 0. The van der Waals surface area contributed by atoms with Gasteiger partial charge in [-0.25, -0.2) is 0 Å². The van der Waals surface area contributed by atoms with E-state index in [2.05, 4.69) is 26.8 Å². The van der Waals surface area contributed by atoms with Crippen molar-refractivity contribution in [2.75, 3.05) is 0 Å². The molecule has 1 rings (SSSR count). The first-order valence-electron chi connectivity index (χ1n) is 4.36. The van der Waals surface area contributed by atoms with Crippen molar-refractivity contribution >= 4 is 0 Å². The molecule has 0 aliphatic heterocycles. The first kappa shape index (κ1) is 8.79. The number of aliphatic hydroxyl groups is 1. The van der Waals surface area contributed by atoms with E-state index in [1.54, 1.807) is 0 Å². The Hall–Kier alpha value is -0.300. The van der Waals surface area contributed by atoms with Crippen LogP contribution in [0.4, 0.5) is 0 Å². The van der Waals surface area contributed by atoms with E-state index in [-0.39, 0.29) is 11.5 Å². The van der Waals surface area contributed by atoms with Gasteiger partial charge in [-0.05, 0) is 31.6 Å². The Morgan fingerprint density at radius 3 is 2.82 bits per heavy atom. The maximum Gasteiger partial charge on any atom is 0.0597 e. The summed E-state index contributed by atoms with van der Waals surface area (Å²) in [5.41, 5.74) is 1.51. The standard InChI is InChI=1S/C10H18O/c1-8-4-5-9(11)10(2,3)7-6-8/h6,9,11H,4-5,7H2,1-3H3. The molecule has 0 saturated carbocycles. The fraction of sp³-hybridized carbons (Fsp3) is 0.800. The van der Waals surface area contributed by atoms with Gasteiger partial charge in [0.15, 0.2) is 0 Å². The third kappa shape index (κ3) is 2.06. The predicted molar refractivity (Wildman–Crippen MR) is 47.4 cm³/mol. The molecule has 1 N–H and O–H groups in total. The van der Waals surface area contributed by atoms with E-state index in [9.17, 15) is 5.11 Å². The van der Waals surface area contributed by atoms with Gasteiger partial charge in [-0.15, -0.1) is 0 Å². The highest BCUT2D eigenvalue weighted by Crippen LogP contribution is 2.32. The number of rotatable bonds is 0. The van der Waals surface area contributed by atoms with Gasteiger partial charge < -0.3 is 5.11 Å². The highest BCUT2D eigenvalue weighted by Gasteiger charge is 2.27. The van der Waals surface area contributed by atoms with Gasteiger partial charge in [-0.3, -0.25) is 0 Å². The van der Waals surface area contributed by atoms with Crippen LogP contribution in [0.15, 0.2) is 11.6 Å². The van der Waals surface area contributed by atoms with Crippen molar-refractivity contribution in [3.8, 4) is 0 Å². The molecule has 1 heteroatoms. The summed E-state index contributed by atoms with van der Waals surface area (Å²) in [4.78, 5) is 0. The minimum Gasteiger partial charge on any atom is -0.393 e. The molecule has 0 radical (unpaired) electrons. The Kier molecular flexibility index (Phi) is 2.38. The van der Waals surface area contributed by atoms with E-state index < -0.39 is 0 Å². The van der Waals surface area contributed by atoms with Crippen molar-refractivity contribution in [2.45, 2.75) is 46.1 Å². The topological polar surface area (TPSA) is 20.2 Å². The predicted octanol–water partition coefficient (Wildman–Crippen LogP) is 2.50. The van der Waals surface area contributed by atoms with Crippen LogP contribution in [0.3, 0.4) is 0 Å². The van der Waals surface area contributed by atoms with Crippen molar-refractivity contribution in [2.24, 2.45) is 5.41 Å². The lowest BCUT2D eigenvalue weighted by Gasteiger charge is -2.27. The van der Waals surface area contributed by atoms with Crippen molar-refractivity contribution in [1.82, 2.24) is 0 Å². The van der Waals surface area contributed by atoms with Crippen LogP contribution in [0.5, 0.6) is 0 Å². The Morgan fingerprint density at radius 2 is 2.18 bits per heavy atom. The maximum atomic E-state index is 9.70. The zero-order valence-electron chi connectivity index (χ0n) is 7.72. The number of hydrogen-bond donors (Lipinski definition) is 1. The lowest BCUT2D eigenvalue weighted by atomic mass is 9.83. The van der Waals surface area contributed by atoms with Gasteiger partial charge in [0.25, 0.3) is 0 Å². The number of allylic oxidation sites excluding steroid dienone is 2. The second kappa shape index (κ2) is 2.98. The lowest BCUT2D eigenvalue weighted by molar-refractivity contribution is 0.0485. The van der Waals surface area contributed by atoms with E-state index in [1.165, 1.54) is 5.57 Å². The molecule has 0 bridgehead atoms. The van der Waals surface area contributed by atoms with Crippen LogP contribution in [-0.2, 0) is 0 Å². The highest BCUT2D eigenvalue weighted by atomic mass is 16.3. The van der Waals surface area contributed by atoms with Gasteiger partial charge in [0.2, 0.25) is 0 Å². The van der Waals surface area contributed by atoms with Gasteiger partial charge in [0, 0.05) is 0 Å². The van der Waals surface area contributed by atoms with Crippen LogP contribution >= 0.6 is 0 Å². The van der Waals surface area contributed by atoms with E-state index in [4.69, 9.17) is 0 Å². The van der Waals surface area contributed by atoms with Crippen LogP contribution in [0.25, 0.3) is 0 Å². The smallest absolute Gasteiger partial charge is 0.0597 e. The molecule has 1 atom stereocenters. The molecule has 0 heterocycles. The quantitative estimate of drug-likeness (QED) is 0.531. The summed E-state index contributed by atoms with van der Waals surface area (Å²) in [5, 5.41) is 9.70. The number of aliphatic hydroxyl groups excluding tert-OH is 1. The second-order valence-electron chi connectivity index (χ2n) is 4.30. The molecular formula is C10H18O. The fourth-order valence-electron chi connectivity index (χ4n) is 1.43. The van der Waals surface area contributed by atoms with E-state index in [0.29, 0.717) is 0 Å². The van der Waals surface area contributed by atoms with Gasteiger partial charge in [0.05, 0.1) is 6.10 Å². The van der Waals surface area contributed by atoms with E-state index in [1.807, 2.05) is 0 Å². The first-order valence-corrected chi connectivity index (χ1v) is 4.36. The Bertz CT molecular complexity index is 168. The summed E-state index contributed by atoms with van der Waals surface area (Å²) >= 11 is 0. The zero-order chi connectivity index (χ0) is 8.48. The molecule has 1 aliphatic carbocycles. The summed E-state index contributed by atoms with van der Waals surface area (Å²) < 4.78 is 0. The summed E-state index contributed by atoms with van der Waals surface area (Å²) in [7, 11) is 0. The SMILES string of the molecule is CC1=CCC(C)(C)C(O)CC1. The van der Waals surface area contributed by atoms with Crippen molar-refractivity contribution in [3.05, 3.63) is 11.6 Å². The third-order valence-corrected chi connectivity index (χ3v) is 2.69. The second-order valence-corrected chi connectivity index (χ2v) is 4.30. The Morgan fingerprint density at radius 1 is 1.55 bits per heavy atom. The summed E-state index contributed by atoms with van der Waals surface area (Å²) in [6.07, 6.45) is 5.13. The Balaban J connectivity index is 2.69. The van der Waals surface area contributed by atoms with Gasteiger partial charge in [-0.1, -0.05) is 25.5 Å². The minimum absolute atomic E-state index is 0.0811. The van der Waals surface area contributed by atoms with Crippen molar-refractivity contribution < 1.29 is 5.11 Å². The molecule has 0 spiro atoms. The average molecular weight is 154 g/mol. The van der Waals surface area contributed by atoms with Gasteiger partial charge in [0.1, 0.15) is 0 Å². The van der Waals surface area contributed by atoms with Crippen LogP contribution in [-0.4, -0.2) is 11.2 Å². The molecule has 0 fully saturated rings. The van der Waals surface area contributed by atoms with Gasteiger partial charge in [-0.2, -0.15) is 0 Å². The number of hydrogen-bond acceptors (Lipinski definition) is 1. The largest absolute Gasteiger partial charge is 0.393 e. The molecule has 1 aliphatic rings. The van der Waals surface area contributed by atoms with Crippen LogP contribution in [0.1, 0.15) is 40.0 Å². The monoisotopic (exact) mass is 154 g/mol. The summed E-state index contributed by atoms with van der Waals surface area (Å²) in [5.74, 6) is 0. The van der Waals surface area contributed by atoms with Crippen LogP contribution < -0.4 is 0 Å². The minimum atomic E-state index is -0.129. The molecule has 0 aromatic heterocycles. The van der Waals surface area contributed by atoms with E-state index in [0.717, 1.165) is 19.3 Å². The maximum absolute atomic E-state index is 9.70. The molecule has 1 nitrogen and oxygen atoms in total. The zero-order valence-corrected chi connectivity index (χ0v) is 7.72. The first-order chi connectivity index (χ1) is 5.02. The third-order valence-electron chi connectivity index (χ3n) is 2.69. The molecule has 64 valence electrons. The molecular weight excluding hydrogens is 136 g/mol. The highest BCUT2D eigenvalue weighted by molar-refractivity contribution is 5.04. The van der Waals surface area contributed by atoms with Gasteiger partial charge >= 0.3 is 0 Å². The van der Waals surface area contributed by atoms with E-state index >= 15 is 0 Å². The Labute approximate surface area is 69.1 Å². The molecule has 0 aromatic rings. The molecule has 1 unspecified atom stereocenters. The average Bonchev–Trinajstić information content (AvgIpc) is 2.03.